The Balaban J connectivity index is 1.63. The van der Waals surface area contributed by atoms with Crippen molar-refractivity contribution in [1.29, 1.82) is 0 Å². The summed E-state index contributed by atoms with van der Waals surface area (Å²) in [6, 6.07) is 2.07. The standard InChI is InChI=1S/C22H31N3O3S/c1-5-24(13-8-6-7-12-22(2,3)26-4)19-25-18-23-21(28-25)16-27-14-9-10-20-11-15-29-17-20/h6,8-11,15,17H,5,13-14,16,18-19H2,1-4H3/b8-6+,10-9+. The van der Waals surface area contributed by atoms with Crippen LogP contribution in [0.15, 0.2) is 40.0 Å². The van der Waals surface area contributed by atoms with E-state index < -0.39 is 5.60 Å². The van der Waals surface area contributed by atoms with Crippen LogP contribution < -0.4 is 0 Å². The van der Waals surface area contributed by atoms with E-state index in [2.05, 4.69) is 45.5 Å². The first-order chi connectivity index (χ1) is 14.0. The Morgan fingerprint density at radius 2 is 2.28 bits per heavy atom. The highest BCUT2D eigenvalue weighted by Crippen LogP contribution is 2.08. The van der Waals surface area contributed by atoms with Crippen molar-refractivity contribution in [2.24, 2.45) is 4.99 Å². The minimum atomic E-state index is -0.423. The smallest absolute Gasteiger partial charge is 0.237 e. The van der Waals surface area contributed by atoms with Gasteiger partial charge in [-0.1, -0.05) is 37.0 Å². The van der Waals surface area contributed by atoms with Crippen molar-refractivity contribution in [3.05, 3.63) is 40.6 Å². The van der Waals surface area contributed by atoms with E-state index in [0.717, 1.165) is 13.1 Å². The summed E-state index contributed by atoms with van der Waals surface area (Å²) in [5, 5.41) is 5.98. The highest BCUT2D eigenvalue weighted by atomic mass is 32.1. The van der Waals surface area contributed by atoms with Gasteiger partial charge in [-0.05, 0) is 48.9 Å². The normalized spacial score (nSPS) is 15.1. The van der Waals surface area contributed by atoms with Gasteiger partial charge in [0.05, 0.1) is 13.3 Å². The average molecular weight is 418 g/mol. The molecule has 0 atom stereocenters. The SMILES string of the molecule is CCN(C/C=C/C#CC(C)(C)OC)CN1CN=C(COC/C=C/c2ccsc2)O1. The second kappa shape index (κ2) is 12.6. The summed E-state index contributed by atoms with van der Waals surface area (Å²) in [7, 11) is 1.66. The Kier molecular flexibility index (Phi) is 10.1. The molecule has 0 aromatic carbocycles. The van der Waals surface area contributed by atoms with Gasteiger partial charge in [0.15, 0.2) is 0 Å². The van der Waals surface area contributed by atoms with E-state index >= 15 is 0 Å². The lowest BCUT2D eigenvalue weighted by molar-refractivity contribution is -0.0898. The Morgan fingerprint density at radius 1 is 1.41 bits per heavy atom. The van der Waals surface area contributed by atoms with Crippen LogP contribution in [0.1, 0.15) is 26.3 Å². The third-order valence-corrected chi connectivity index (χ3v) is 4.89. The average Bonchev–Trinajstić information content (AvgIpc) is 3.38. The van der Waals surface area contributed by atoms with Crippen LogP contribution in [0.25, 0.3) is 6.08 Å². The van der Waals surface area contributed by atoms with Gasteiger partial charge < -0.3 is 14.3 Å². The van der Waals surface area contributed by atoms with E-state index in [-0.39, 0.29) is 0 Å². The molecule has 158 valence electrons. The zero-order chi connectivity index (χ0) is 21.0. The van der Waals surface area contributed by atoms with Crippen LogP contribution in [0.3, 0.4) is 0 Å². The Labute approximate surface area is 178 Å². The Bertz CT molecular complexity index is 745. The van der Waals surface area contributed by atoms with Crippen LogP contribution in [0.2, 0.25) is 0 Å². The molecule has 1 aliphatic heterocycles. The number of hydroxylamine groups is 2. The van der Waals surface area contributed by atoms with Gasteiger partial charge in [0.25, 0.3) is 0 Å². The number of thiophene rings is 1. The molecular weight excluding hydrogens is 386 g/mol. The zero-order valence-corrected chi connectivity index (χ0v) is 18.6. The highest BCUT2D eigenvalue weighted by Gasteiger charge is 2.19. The van der Waals surface area contributed by atoms with Gasteiger partial charge in [-0.25, -0.2) is 4.99 Å². The second-order valence-corrected chi connectivity index (χ2v) is 7.72. The van der Waals surface area contributed by atoms with Crippen molar-refractivity contribution in [3.63, 3.8) is 0 Å². The molecule has 1 aromatic rings. The van der Waals surface area contributed by atoms with E-state index in [1.54, 1.807) is 18.4 Å². The van der Waals surface area contributed by atoms with Crippen LogP contribution in [0.5, 0.6) is 0 Å². The van der Waals surface area contributed by atoms with Gasteiger partial charge in [0, 0.05) is 13.7 Å². The second-order valence-electron chi connectivity index (χ2n) is 6.94. The van der Waals surface area contributed by atoms with Gasteiger partial charge in [0.1, 0.15) is 18.9 Å². The molecule has 2 rings (SSSR count). The number of nitrogens with zero attached hydrogens (tertiary/aromatic N) is 3. The highest BCUT2D eigenvalue weighted by molar-refractivity contribution is 7.08. The maximum absolute atomic E-state index is 5.76. The summed E-state index contributed by atoms with van der Waals surface area (Å²) in [4.78, 5) is 12.4. The van der Waals surface area contributed by atoms with Crippen LogP contribution in [-0.4, -0.2) is 68.2 Å². The number of ether oxygens (including phenoxy) is 2. The number of hydrogen-bond donors (Lipinski definition) is 0. The monoisotopic (exact) mass is 417 g/mol. The first-order valence-corrected chi connectivity index (χ1v) is 10.6. The van der Waals surface area contributed by atoms with Crippen LogP contribution >= 0.6 is 11.3 Å². The minimum absolute atomic E-state index is 0.376. The summed E-state index contributed by atoms with van der Waals surface area (Å²) in [6.07, 6.45) is 7.96. The fourth-order valence-corrected chi connectivity index (χ4v) is 2.94. The molecular formula is C22H31N3O3S. The molecule has 0 unspecified atom stereocenters. The predicted molar refractivity (Wildman–Crippen MR) is 120 cm³/mol. The maximum atomic E-state index is 5.76. The van der Waals surface area contributed by atoms with E-state index in [4.69, 9.17) is 14.3 Å². The van der Waals surface area contributed by atoms with E-state index in [0.29, 0.717) is 32.4 Å². The van der Waals surface area contributed by atoms with Gasteiger partial charge >= 0.3 is 0 Å². The molecule has 0 spiro atoms. The molecule has 6 nitrogen and oxygen atoms in total. The third kappa shape index (κ3) is 9.39. The van der Waals surface area contributed by atoms with Gasteiger partial charge in [-0.2, -0.15) is 11.3 Å². The fourth-order valence-electron chi connectivity index (χ4n) is 2.32. The predicted octanol–water partition coefficient (Wildman–Crippen LogP) is 3.65. The fraction of sp³-hybridized carbons (Fsp3) is 0.500. The van der Waals surface area contributed by atoms with Crippen molar-refractivity contribution in [1.82, 2.24) is 9.96 Å². The first-order valence-electron chi connectivity index (χ1n) is 9.70. The molecule has 0 amide bonds. The number of likely N-dealkylation sites (N-methyl/N-ethyl adjacent to an activating group) is 1. The molecule has 2 heterocycles. The van der Waals surface area contributed by atoms with Gasteiger partial charge in [-0.3, -0.25) is 4.90 Å². The van der Waals surface area contributed by atoms with E-state index in [9.17, 15) is 0 Å². The van der Waals surface area contributed by atoms with E-state index in [1.807, 2.05) is 43.2 Å². The summed E-state index contributed by atoms with van der Waals surface area (Å²) < 4.78 is 10.9. The molecule has 1 aromatic heterocycles. The first kappa shape index (κ1) is 23.3. The lowest BCUT2D eigenvalue weighted by Crippen LogP contribution is -2.37. The van der Waals surface area contributed by atoms with Crippen LogP contribution in [0.4, 0.5) is 0 Å². The molecule has 0 aliphatic carbocycles. The minimum Gasteiger partial charge on any atom is -0.385 e. The molecule has 0 saturated heterocycles. The largest absolute Gasteiger partial charge is 0.385 e. The Hall–Kier alpha value is -1.95. The van der Waals surface area contributed by atoms with Gasteiger partial charge in [-0.15, -0.1) is 5.06 Å². The van der Waals surface area contributed by atoms with E-state index in [1.165, 1.54) is 5.56 Å². The molecule has 1 aliphatic rings. The zero-order valence-electron chi connectivity index (χ0n) is 17.8. The number of hydrogen-bond acceptors (Lipinski definition) is 7. The van der Waals surface area contributed by atoms with Gasteiger partial charge in [0.2, 0.25) is 5.90 Å². The van der Waals surface area contributed by atoms with Crippen molar-refractivity contribution < 1.29 is 14.3 Å². The van der Waals surface area contributed by atoms with Crippen molar-refractivity contribution in [2.45, 2.75) is 26.4 Å². The number of methoxy groups -OCH3 is 1. The lowest BCUT2D eigenvalue weighted by Gasteiger charge is -2.23. The molecule has 0 radical (unpaired) electrons. The third-order valence-electron chi connectivity index (χ3n) is 4.19. The Morgan fingerprint density at radius 3 is 3.00 bits per heavy atom. The van der Waals surface area contributed by atoms with Crippen molar-refractivity contribution in [3.8, 4) is 11.8 Å². The molecule has 7 heteroatoms. The molecule has 0 bridgehead atoms. The topological polar surface area (TPSA) is 46.5 Å². The molecule has 0 N–H and O–H groups in total. The van der Waals surface area contributed by atoms with Crippen LogP contribution in [-0.2, 0) is 14.3 Å². The van der Waals surface area contributed by atoms with Crippen LogP contribution in [0, 0.1) is 11.8 Å². The summed E-state index contributed by atoms with van der Waals surface area (Å²) in [6.45, 7) is 9.80. The summed E-state index contributed by atoms with van der Waals surface area (Å²) in [5.74, 6) is 6.71. The molecule has 29 heavy (non-hydrogen) atoms. The maximum Gasteiger partial charge on any atom is 0.237 e. The number of allylic oxidation sites excluding steroid dienone is 1. The van der Waals surface area contributed by atoms with Crippen molar-refractivity contribution >= 4 is 23.3 Å². The molecule has 0 saturated carbocycles. The number of aliphatic imine (C=N–C) groups is 1. The quantitative estimate of drug-likeness (QED) is 0.406. The number of rotatable bonds is 11. The summed E-state index contributed by atoms with van der Waals surface area (Å²) in [5.41, 5.74) is 0.773. The van der Waals surface area contributed by atoms with Crippen molar-refractivity contribution in [2.75, 3.05) is 46.8 Å². The molecule has 0 fully saturated rings. The lowest BCUT2D eigenvalue weighted by atomic mass is 10.1. The summed E-state index contributed by atoms with van der Waals surface area (Å²) >= 11 is 1.68.